The second-order valence-electron chi connectivity index (χ2n) is 7.08. The van der Waals surface area contributed by atoms with Crippen molar-refractivity contribution in [1.82, 2.24) is 15.5 Å². The number of benzene rings is 1. The molecule has 1 aliphatic heterocycles. The maximum absolute atomic E-state index is 12.5. The van der Waals surface area contributed by atoms with E-state index in [1.807, 2.05) is 12.2 Å². The first-order valence-electron chi connectivity index (χ1n) is 9.69. The predicted molar refractivity (Wildman–Crippen MR) is 105 cm³/mol. The lowest BCUT2D eigenvalue weighted by Gasteiger charge is -2.19. The molecule has 5 amide bonds. The Labute approximate surface area is 173 Å². The van der Waals surface area contributed by atoms with Crippen LogP contribution in [0.2, 0.25) is 0 Å². The van der Waals surface area contributed by atoms with E-state index in [-0.39, 0.29) is 36.6 Å². The second-order valence-corrected chi connectivity index (χ2v) is 7.08. The van der Waals surface area contributed by atoms with Crippen molar-refractivity contribution in [2.45, 2.75) is 25.4 Å². The standard InChI is InChI=1S/C21H23N3O6/c1-22-21(29)23-18(26)17(13-7-3-2-4-8-13)30-16(25)11-12-24-19(27)14-9-5-6-10-15(14)20(24)28/h2-8,14-15,17H,9-12H2,1H3,(H2,22,23,26,29)/t14-,15+,17-/m0/s1. The lowest BCUT2D eigenvalue weighted by atomic mass is 9.85. The van der Waals surface area contributed by atoms with Crippen molar-refractivity contribution in [2.24, 2.45) is 11.8 Å². The normalized spacial score (nSPS) is 21.0. The molecular formula is C21H23N3O6. The molecular weight excluding hydrogens is 390 g/mol. The van der Waals surface area contributed by atoms with E-state index in [0.717, 1.165) is 4.90 Å². The van der Waals surface area contributed by atoms with Gasteiger partial charge in [0, 0.05) is 19.2 Å². The third kappa shape index (κ3) is 4.56. The van der Waals surface area contributed by atoms with Crippen molar-refractivity contribution >= 4 is 29.7 Å². The number of carbonyl (C=O) groups excluding carboxylic acids is 5. The molecule has 0 saturated carbocycles. The summed E-state index contributed by atoms with van der Waals surface area (Å²) in [6.45, 7) is -0.109. The van der Waals surface area contributed by atoms with Gasteiger partial charge in [-0.2, -0.15) is 0 Å². The van der Waals surface area contributed by atoms with E-state index in [1.54, 1.807) is 30.3 Å². The molecule has 1 aromatic carbocycles. The Morgan fingerprint density at radius 2 is 1.67 bits per heavy atom. The maximum atomic E-state index is 12.5. The fourth-order valence-electron chi connectivity index (χ4n) is 3.62. The van der Waals surface area contributed by atoms with E-state index in [2.05, 4.69) is 10.6 Å². The van der Waals surface area contributed by atoms with Crippen LogP contribution in [0.4, 0.5) is 4.79 Å². The van der Waals surface area contributed by atoms with Gasteiger partial charge in [0.2, 0.25) is 17.9 Å². The first-order valence-corrected chi connectivity index (χ1v) is 9.69. The molecule has 2 aliphatic rings. The first-order chi connectivity index (χ1) is 14.4. The molecule has 0 bridgehead atoms. The third-order valence-corrected chi connectivity index (χ3v) is 5.19. The van der Waals surface area contributed by atoms with Gasteiger partial charge in [-0.25, -0.2) is 4.79 Å². The number of nitrogens with one attached hydrogen (secondary N) is 2. The molecule has 1 saturated heterocycles. The predicted octanol–water partition coefficient (Wildman–Crippen LogP) is 1.07. The summed E-state index contributed by atoms with van der Waals surface area (Å²) in [5.41, 5.74) is 0.387. The highest BCUT2D eigenvalue weighted by Crippen LogP contribution is 2.35. The van der Waals surface area contributed by atoms with Crippen LogP contribution >= 0.6 is 0 Å². The van der Waals surface area contributed by atoms with Gasteiger partial charge < -0.3 is 10.1 Å². The van der Waals surface area contributed by atoms with Crippen molar-refractivity contribution in [1.29, 1.82) is 0 Å². The largest absolute Gasteiger partial charge is 0.447 e. The Hall–Kier alpha value is -3.49. The summed E-state index contributed by atoms with van der Waals surface area (Å²) in [7, 11) is 1.35. The number of carbonyl (C=O) groups is 5. The molecule has 1 aromatic rings. The van der Waals surface area contributed by atoms with E-state index in [9.17, 15) is 24.0 Å². The van der Waals surface area contributed by atoms with E-state index in [4.69, 9.17) is 4.74 Å². The van der Waals surface area contributed by atoms with Crippen molar-refractivity contribution in [2.75, 3.05) is 13.6 Å². The summed E-state index contributed by atoms with van der Waals surface area (Å²) in [6, 6.07) is 7.51. The van der Waals surface area contributed by atoms with Gasteiger partial charge in [-0.3, -0.25) is 29.4 Å². The molecule has 3 rings (SSSR count). The average Bonchev–Trinajstić information content (AvgIpc) is 3.01. The van der Waals surface area contributed by atoms with E-state index in [0.29, 0.717) is 18.4 Å². The van der Waals surface area contributed by atoms with Gasteiger partial charge in [-0.15, -0.1) is 0 Å². The van der Waals surface area contributed by atoms with Crippen molar-refractivity contribution in [3.8, 4) is 0 Å². The summed E-state index contributed by atoms with van der Waals surface area (Å²) in [6.07, 6.45) is 3.23. The van der Waals surface area contributed by atoms with Crippen molar-refractivity contribution in [3.05, 3.63) is 48.0 Å². The lowest BCUT2D eigenvalue weighted by Crippen LogP contribution is -2.41. The molecule has 0 radical (unpaired) electrons. The Morgan fingerprint density at radius 1 is 1.07 bits per heavy atom. The highest BCUT2D eigenvalue weighted by Gasteiger charge is 2.47. The summed E-state index contributed by atoms with van der Waals surface area (Å²) < 4.78 is 5.30. The third-order valence-electron chi connectivity index (χ3n) is 5.19. The molecule has 1 aliphatic carbocycles. The average molecular weight is 413 g/mol. The minimum absolute atomic E-state index is 0.109. The van der Waals surface area contributed by atoms with E-state index in [1.165, 1.54) is 7.05 Å². The van der Waals surface area contributed by atoms with Gasteiger partial charge in [0.05, 0.1) is 18.3 Å². The molecule has 0 spiro atoms. The number of imide groups is 2. The molecule has 9 heteroatoms. The lowest BCUT2D eigenvalue weighted by molar-refractivity contribution is -0.157. The molecule has 3 atom stereocenters. The van der Waals surface area contributed by atoms with Crippen LogP contribution < -0.4 is 10.6 Å². The number of hydrogen-bond acceptors (Lipinski definition) is 6. The molecule has 2 N–H and O–H groups in total. The van der Waals surface area contributed by atoms with Gasteiger partial charge in [-0.05, 0) is 12.8 Å². The number of hydrogen-bond donors (Lipinski definition) is 2. The summed E-state index contributed by atoms with van der Waals surface area (Å²) in [4.78, 5) is 62.3. The van der Waals surface area contributed by atoms with Crippen LogP contribution in [0.3, 0.4) is 0 Å². The molecule has 1 fully saturated rings. The van der Waals surface area contributed by atoms with E-state index >= 15 is 0 Å². The van der Waals surface area contributed by atoms with Crippen LogP contribution in [0.25, 0.3) is 0 Å². The number of esters is 1. The minimum atomic E-state index is -1.34. The number of urea groups is 1. The molecule has 0 unspecified atom stereocenters. The van der Waals surface area contributed by atoms with Gasteiger partial charge in [0.25, 0.3) is 5.91 Å². The molecule has 158 valence electrons. The number of ether oxygens (including phenoxy) is 1. The zero-order valence-corrected chi connectivity index (χ0v) is 16.5. The summed E-state index contributed by atoms with van der Waals surface area (Å²) in [5.74, 6) is -2.86. The maximum Gasteiger partial charge on any atom is 0.321 e. The Morgan fingerprint density at radius 3 is 2.23 bits per heavy atom. The summed E-state index contributed by atoms with van der Waals surface area (Å²) >= 11 is 0. The smallest absolute Gasteiger partial charge is 0.321 e. The Kier molecular flexibility index (Phi) is 6.61. The highest BCUT2D eigenvalue weighted by atomic mass is 16.5. The van der Waals surface area contributed by atoms with Gasteiger partial charge >= 0.3 is 12.0 Å². The molecule has 9 nitrogen and oxygen atoms in total. The van der Waals surface area contributed by atoms with Crippen LogP contribution in [0.5, 0.6) is 0 Å². The molecule has 30 heavy (non-hydrogen) atoms. The Bertz CT molecular complexity index is 856. The monoisotopic (exact) mass is 413 g/mol. The zero-order valence-electron chi connectivity index (χ0n) is 16.5. The van der Waals surface area contributed by atoms with Crippen molar-refractivity contribution < 1.29 is 28.7 Å². The van der Waals surface area contributed by atoms with Crippen LogP contribution in [0.15, 0.2) is 42.5 Å². The SMILES string of the molecule is CNC(=O)NC(=O)[C@@H](OC(=O)CCN1C(=O)[C@H]2CC=CC[C@H]2C1=O)c1ccccc1. The summed E-state index contributed by atoms with van der Waals surface area (Å²) in [5, 5.41) is 4.34. The van der Waals surface area contributed by atoms with Gasteiger partial charge in [0.15, 0.2) is 0 Å². The highest BCUT2D eigenvalue weighted by molar-refractivity contribution is 6.05. The van der Waals surface area contributed by atoms with Crippen LogP contribution in [0, 0.1) is 11.8 Å². The van der Waals surface area contributed by atoms with Crippen molar-refractivity contribution in [3.63, 3.8) is 0 Å². The fraction of sp³-hybridized carbons (Fsp3) is 0.381. The van der Waals surface area contributed by atoms with Crippen LogP contribution in [-0.2, 0) is 23.9 Å². The number of amides is 5. The number of rotatable bonds is 6. The number of fused-ring (bicyclic) bond motifs is 1. The zero-order chi connectivity index (χ0) is 21.7. The Balaban J connectivity index is 1.63. The number of likely N-dealkylation sites (tertiary alicyclic amines) is 1. The number of allylic oxidation sites excluding steroid dienone is 2. The van der Waals surface area contributed by atoms with Gasteiger partial charge in [-0.1, -0.05) is 42.5 Å². The quantitative estimate of drug-likeness (QED) is 0.409. The molecule has 0 aromatic heterocycles. The topological polar surface area (TPSA) is 122 Å². The first kappa shape index (κ1) is 21.2. The second kappa shape index (κ2) is 9.34. The minimum Gasteiger partial charge on any atom is -0.447 e. The van der Waals surface area contributed by atoms with Crippen LogP contribution in [0.1, 0.15) is 30.9 Å². The van der Waals surface area contributed by atoms with E-state index < -0.39 is 24.0 Å². The number of nitrogens with zero attached hydrogens (tertiary/aromatic N) is 1. The van der Waals surface area contributed by atoms with Gasteiger partial charge in [0.1, 0.15) is 0 Å². The molecule has 1 heterocycles. The van der Waals surface area contributed by atoms with Crippen LogP contribution in [-0.4, -0.2) is 48.2 Å². The fourth-order valence-corrected chi connectivity index (χ4v) is 3.62.